The second-order valence-electron chi connectivity index (χ2n) is 6.86. The molecule has 3 aromatic heterocycles. The highest BCUT2D eigenvalue weighted by atomic mass is 28.3. The van der Waals surface area contributed by atoms with E-state index in [0.29, 0.717) is 23.3 Å². The lowest BCUT2D eigenvalue weighted by Crippen LogP contribution is -2.22. The lowest BCUT2D eigenvalue weighted by atomic mass is 10.1. The number of hydrogen-bond acceptors (Lipinski definition) is 5. The number of H-pyrrole nitrogens is 1. The van der Waals surface area contributed by atoms with Gasteiger partial charge in [0.25, 0.3) is 5.56 Å². The van der Waals surface area contributed by atoms with Crippen molar-refractivity contribution >= 4 is 19.1 Å². The third-order valence-electron chi connectivity index (χ3n) is 3.70. The van der Waals surface area contributed by atoms with Gasteiger partial charge in [-0.05, 0) is 18.2 Å². The van der Waals surface area contributed by atoms with Crippen LogP contribution in [0.2, 0.25) is 25.7 Å². The van der Waals surface area contributed by atoms with E-state index in [1.807, 2.05) is 12.1 Å². The van der Waals surface area contributed by atoms with Crippen LogP contribution in [0.3, 0.4) is 0 Å². The van der Waals surface area contributed by atoms with Gasteiger partial charge in [0.05, 0.1) is 6.33 Å². The van der Waals surface area contributed by atoms with E-state index in [2.05, 4.69) is 39.7 Å². The van der Waals surface area contributed by atoms with Gasteiger partial charge in [-0.15, -0.1) is 0 Å². The van der Waals surface area contributed by atoms with E-state index in [9.17, 15) is 4.79 Å². The highest BCUT2D eigenvalue weighted by Gasteiger charge is 2.17. The van der Waals surface area contributed by atoms with Crippen molar-refractivity contribution in [2.24, 2.45) is 0 Å². The molecule has 3 rings (SSSR count). The Hall–Kier alpha value is -2.32. The number of pyridine rings is 1. The van der Waals surface area contributed by atoms with Crippen LogP contribution in [-0.2, 0) is 11.5 Å². The zero-order valence-electron chi connectivity index (χ0n) is 14.1. The molecule has 1 N–H and O–H groups in total. The summed E-state index contributed by atoms with van der Waals surface area (Å²) in [5.41, 5.74) is 1.74. The van der Waals surface area contributed by atoms with E-state index in [-0.39, 0.29) is 12.3 Å². The SMILES string of the molecule is C[Si](C)(C)CCOCn1nc(-c2ccncc2)c2c(=O)[nH]cnc21. The fraction of sp³-hybridized carbons (Fsp3) is 0.375. The molecule has 0 unspecified atom stereocenters. The number of aromatic amines is 1. The van der Waals surface area contributed by atoms with Crippen molar-refractivity contribution in [3.05, 3.63) is 41.2 Å². The average molecular weight is 343 g/mol. The molecule has 0 fully saturated rings. The molecule has 126 valence electrons. The fourth-order valence-electron chi connectivity index (χ4n) is 2.35. The Labute approximate surface area is 140 Å². The van der Waals surface area contributed by atoms with Crippen LogP contribution in [-0.4, -0.2) is 39.4 Å². The van der Waals surface area contributed by atoms with Gasteiger partial charge in [0.15, 0.2) is 5.65 Å². The summed E-state index contributed by atoms with van der Waals surface area (Å²) in [5, 5.41) is 5.02. The van der Waals surface area contributed by atoms with Gasteiger partial charge in [0, 0.05) is 32.6 Å². The highest BCUT2D eigenvalue weighted by molar-refractivity contribution is 6.76. The lowest BCUT2D eigenvalue weighted by Gasteiger charge is -2.15. The summed E-state index contributed by atoms with van der Waals surface area (Å²) in [5.74, 6) is 0. The molecule has 0 aliphatic rings. The Bertz CT molecular complexity index is 883. The van der Waals surface area contributed by atoms with E-state index in [1.165, 1.54) is 6.33 Å². The first-order valence-electron chi connectivity index (χ1n) is 7.88. The van der Waals surface area contributed by atoms with Crippen molar-refractivity contribution in [3.8, 4) is 11.3 Å². The summed E-state index contributed by atoms with van der Waals surface area (Å²) in [6.07, 6.45) is 4.74. The maximum Gasteiger partial charge on any atom is 0.262 e. The molecule has 0 saturated carbocycles. The van der Waals surface area contributed by atoms with Crippen molar-refractivity contribution in [2.45, 2.75) is 32.4 Å². The number of nitrogens with one attached hydrogen (secondary N) is 1. The fourth-order valence-corrected chi connectivity index (χ4v) is 3.11. The van der Waals surface area contributed by atoms with Crippen molar-refractivity contribution in [3.63, 3.8) is 0 Å². The first kappa shape index (κ1) is 16.5. The standard InChI is InChI=1S/C16H21N5O2Si/c1-24(2,3)9-8-23-11-21-15-13(16(22)19-10-18-15)14(20-21)12-4-6-17-7-5-12/h4-7,10H,8-9,11H2,1-3H3,(H,18,19,22). The van der Waals surface area contributed by atoms with E-state index in [4.69, 9.17) is 4.74 Å². The molecule has 0 aliphatic heterocycles. The minimum absolute atomic E-state index is 0.208. The predicted molar refractivity (Wildman–Crippen MR) is 95.5 cm³/mol. The number of aromatic nitrogens is 5. The average Bonchev–Trinajstić information content (AvgIpc) is 2.92. The molecular formula is C16H21N5O2Si. The molecule has 7 nitrogen and oxygen atoms in total. The van der Waals surface area contributed by atoms with Crippen LogP contribution in [0.1, 0.15) is 0 Å². The van der Waals surface area contributed by atoms with E-state index >= 15 is 0 Å². The molecule has 0 atom stereocenters. The molecule has 3 heterocycles. The second kappa shape index (κ2) is 6.66. The minimum Gasteiger partial charge on any atom is -0.359 e. The smallest absolute Gasteiger partial charge is 0.262 e. The van der Waals surface area contributed by atoms with E-state index in [1.54, 1.807) is 17.1 Å². The molecule has 0 saturated heterocycles. The Morgan fingerprint density at radius 3 is 2.71 bits per heavy atom. The van der Waals surface area contributed by atoms with Gasteiger partial charge in [0.2, 0.25) is 0 Å². The van der Waals surface area contributed by atoms with Gasteiger partial charge < -0.3 is 9.72 Å². The monoisotopic (exact) mass is 343 g/mol. The van der Waals surface area contributed by atoms with Crippen LogP contribution in [0.5, 0.6) is 0 Å². The van der Waals surface area contributed by atoms with Crippen LogP contribution in [0.4, 0.5) is 0 Å². The van der Waals surface area contributed by atoms with Gasteiger partial charge in [-0.2, -0.15) is 5.10 Å². The highest BCUT2D eigenvalue weighted by Crippen LogP contribution is 2.23. The van der Waals surface area contributed by atoms with Crippen LogP contribution >= 0.6 is 0 Å². The number of ether oxygens (including phenoxy) is 1. The Morgan fingerprint density at radius 2 is 2.00 bits per heavy atom. The molecule has 0 bridgehead atoms. The summed E-state index contributed by atoms with van der Waals surface area (Å²) in [7, 11) is -1.14. The maximum atomic E-state index is 12.2. The first-order valence-corrected chi connectivity index (χ1v) is 11.6. The number of fused-ring (bicyclic) bond motifs is 1. The largest absolute Gasteiger partial charge is 0.359 e. The van der Waals surface area contributed by atoms with Crippen molar-refractivity contribution in [1.82, 2.24) is 24.7 Å². The number of nitrogens with zero attached hydrogens (tertiary/aromatic N) is 4. The third kappa shape index (κ3) is 3.60. The lowest BCUT2D eigenvalue weighted by molar-refractivity contribution is 0.0814. The molecule has 0 amide bonds. The summed E-state index contributed by atoms with van der Waals surface area (Å²) in [6, 6.07) is 4.73. The van der Waals surface area contributed by atoms with Crippen LogP contribution in [0.15, 0.2) is 35.6 Å². The Kier molecular flexibility index (Phi) is 4.59. The zero-order valence-corrected chi connectivity index (χ0v) is 15.1. The van der Waals surface area contributed by atoms with Crippen molar-refractivity contribution in [2.75, 3.05) is 6.61 Å². The second-order valence-corrected chi connectivity index (χ2v) is 12.5. The van der Waals surface area contributed by atoms with Gasteiger partial charge in [-0.1, -0.05) is 19.6 Å². The summed E-state index contributed by atoms with van der Waals surface area (Å²) in [4.78, 5) is 23.1. The maximum absolute atomic E-state index is 12.2. The summed E-state index contributed by atoms with van der Waals surface area (Å²) in [6.45, 7) is 7.89. The van der Waals surface area contributed by atoms with E-state index < -0.39 is 8.07 Å². The Morgan fingerprint density at radius 1 is 1.25 bits per heavy atom. The molecule has 8 heteroatoms. The molecular weight excluding hydrogens is 322 g/mol. The topological polar surface area (TPSA) is 85.7 Å². The third-order valence-corrected chi connectivity index (χ3v) is 5.40. The Balaban J connectivity index is 1.92. The van der Waals surface area contributed by atoms with Crippen LogP contribution in [0, 0.1) is 0 Å². The molecule has 24 heavy (non-hydrogen) atoms. The van der Waals surface area contributed by atoms with Crippen molar-refractivity contribution in [1.29, 1.82) is 0 Å². The van der Waals surface area contributed by atoms with Gasteiger partial charge in [0.1, 0.15) is 17.8 Å². The summed E-state index contributed by atoms with van der Waals surface area (Å²) >= 11 is 0. The van der Waals surface area contributed by atoms with Gasteiger partial charge in [-0.25, -0.2) is 9.67 Å². The molecule has 0 radical (unpaired) electrons. The molecule has 0 spiro atoms. The van der Waals surface area contributed by atoms with Gasteiger partial charge in [-0.3, -0.25) is 9.78 Å². The summed E-state index contributed by atoms with van der Waals surface area (Å²) < 4.78 is 7.41. The number of rotatable bonds is 6. The number of hydrogen-bond donors (Lipinski definition) is 1. The normalized spacial score (nSPS) is 12.0. The van der Waals surface area contributed by atoms with Gasteiger partial charge >= 0.3 is 0 Å². The van der Waals surface area contributed by atoms with Crippen molar-refractivity contribution < 1.29 is 4.74 Å². The minimum atomic E-state index is -1.14. The predicted octanol–water partition coefficient (Wildman–Crippen LogP) is 2.49. The first-order chi connectivity index (χ1) is 11.5. The molecule has 0 aromatic carbocycles. The van der Waals surface area contributed by atoms with Crippen LogP contribution in [0.25, 0.3) is 22.3 Å². The van der Waals surface area contributed by atoms with Crippen LogP contribution < -0.4 is 5.56 Å². The molecule has 3 aromatic rings. The zero-order chi connectivity index (χ0) is 17.2. The molecule has 0 aliphatic carbocycles. The quantitative estimate of drug-likeness (QED) is 0.549. The van der Waals surface area contributed by atoms with E-state index in [0.717, 1.165) is 11.6 Å².